The summed E-state index contributed by atoms with van der Waals surface area (Å²) in [4.78, 5) is 67.3. The molecule has 2 fully saturated rings. The predicted molar refractivity (Wildman–Crippen MR) is 393 cm³/mol. The fraction of sp³-hybridized carbons (Fsp3) is 0.473. The normalized spacial score (nSPS) is 17.9. The van der Waals surface area contributed by atoms with E-state index in [1.807, 2.05) is 90.2 Å². The summed E-state index contributed by atoms with van der Waals surface area (Å²) in [6, 6.07) is 30.4. The summed E-state index contributed by atoms with van der Waals surface area (Å²) in [7, 11) is -11.2. The molecule has 5 atom stereocenters. The number of carbonyl (C=O) groups excluding carboxylic acids is 4. The highest BCUT2D eigenvalue weighted by atomic mass is 35.5. The van der Waals surface area contributed by atoms with Crippen molar-refractivity contribution in [1.29, 1.82) is 0 Å². The summed E-state index contributed by atoms with van der Waals surface area (Å²) in [6.07, 6.45) is 3.93. The number of hydrogen-bond acceptors (Lipinski definition) is 17. The van der Waals surface area contributed by atoms with Crippen LogP contribution in [0.5, 0.6) is 0 Å². The van der Waals surface area contributed by atoms with E-state index in [-0.39, 0.29) is 68.1 Å². The minimum Gasteiger partial charge on any atom is -0.395 e. The molecule has 1 aromatic heterocycles. The lowest BCUT2D eigenvalue weighted by Gasteiger charge is -2.39. The van der Waals surface area contributed by atoms with E-state index >= 15 is 0 Å². The molecule has 3 aliphatic rings. The van der Waals surface area contributed by atoms with Crippen molar-refractivity contribution in [1.82, 2.24) is 35.0 Å². The van der Waals surface area contributed by atoms with Gasteiger partial charge in [-0.15, -0.1) is 23.1 Å². The number of nitrogens with zero attached hydrogens (tertiary/aromatic N) is 5. The molecule has 6 N–H and O–H groups in total. The highest BCUT2D eigenvalue weighted by Crippen LogP contribution is 2.44. The number of unbranched alkanes of at least 4 members (excludes halogenated alkanes) is 2. The van der Waals surface area contributed by atoms with Gasteiger partial charge in [0.2, 0.25) is 17.7 Å². The molecule has 0 unspecified atom stereocenters. The summed E-state index contributed by atoms with van der Waals surface area (Å²) in [6.45, 7) is 18.2. The van der Waals surface area contributed by atoms with Crippen LogP contribution < -0.4 is 25.6 Å². The lowest BCUT2D eigenvalue weighted by atomic mass is 9.73. The Balaban J connectivity index is 0.791. The number of aliphatic hydroxyl groups excluding tert-OH is 2. The zero-order valence-corrected chi connectivity index (χ0v) is 62.2. The Kier molecular flexibility index (Phi) is 26.5. The minimum atomic E-state index is -6.22. The van der Waals surface area contributed by atoms with Crippen molar-refractivity contribution in [2.75, 3.05) is 81.5 Å². The van der Waals surface area contributed by atoms with Gasteiger partial charge in [0.15, 0.2) is 0 Å². The van der Waals surface area contributed by atoms with Crippen molar-refractivity contribution in [3.8, 4) is 10.4 Å². The number of anilines is 2. The molecule has 4 amide bonds. The van der Waals surface area contributed by atoms with Gasteiger partial charge in [0.05, 0.1) is 45.4 Å². The van der Waals surface area contributed by atoms with Crippen LogP contribution in [0.2, 0.25) is 5.02 Å². The quantitative estimate of drug-likeness (QED) is 0.0181. The number of alkyl halides is 3. The number of rotatable bonds is 30. The van der Waals surface area contributed by atoms with Crippen molar-refractivity contribution in [3.05, 3.63) is 160 Å². The number of sulfonamides is 1. The van der Waals surface area contributed by atoms with Gasteiger partial charge in [-0.3, -0.25) is 24.1 Å². The highest BCUT2D eigenvalue weighted by Gasteiger charge is 2.49. The van der Waals surface area contributed by atoms with Gasteiger partial charge >= 0.3 is 5.51 Å². The molecule has 2 saturated heterocycles. The van der Waals surface area contributed by atoms with Gasteiger partial charge in [-0.2, -0.15) is 13.2 Å². The Morgan fingerprint density at radius 3 is 2.17 bits per heavy atom. The molecule has 0 bridgehead atoms. The summed E-state index contributed by atoms with van der Waals surface area (Å²) in [5, 5.41) is 30.6. The second-order valence-electron chi connectivity index (χ2n) is 28.3. The molecule has 2 aliphatic heterocycles. The molecular weight excluding hydrogens is 1400 g/mol. The van der Waals surface area contributed by atoms with Crippen LogP contribution >= 0.6 is 34.7 Å². The Bertz CT molecular complexity index is 4100. The van der Waals surface area contributed by atoms with Crippen LogP contribution in [0, 0.1) is 17.8 Å². The maximum atomic E-state index is 14.6. The van der Waals surface area contributed by atoms with E-state index in [1.165, 1.54) is 45.5 Å². The summed E-state index contributed by atoms with van der Waals surface area (Å²) in [5.41, 5.74) is 2.34. The van der Waals surface area contributed by atoms with Crippen LogP contribution in [0.1, 0.15) is 133 Å². The molecule has 19 nitrogen and oxygen atoms in total. The standard InChI is InChI=1S/C74H93ClF3N9O10S4/c1-49(51-17-19-53(20-18-51)67-50(2)79-48-99-67)80-70(92)64-42-59(89)46-87(64)71(93)68(72(3,4)5)82-66(90)16-12-9-13-34-84(40-41-88)35-32-57(47-98-60-14-10-8-11-15-60)81-63-30-29-61(43-65(63)100(94,95)74(76,77)78)101(96,97)83-69(91)54-23-27-58(28-24-54)86-38-36-85(37-39-86)45-55-44-73(6,7)33-31-62(55)52-21-25-56(75)26-22-52/h8,10-11,14-15,17-30,43,48-49,57,59,64,68,81,88-89H,9,12-13,16,31-42,44-47H2,1-7H3,(H,80,92)(H,82,90)(H,83,91)/t49-,57+,59+,64-,68+/m0/s1. The van der Waals surface area contributed by atoms with Crippen molar-refractivity contribution in [2.24, 2.45) is 10.8 Å². The van der Waals surface area contributed by atoms with Crippen LogP contribution in [0.3, 0.4) is 0 Å². The zero-order valence-electron chi connectivity index (χ0n) is 58.2. The first-order valence-electron chi connectivity index (χ1n) is 34.2. The third-order valence-corrected chi connectivity index (χ3v) is 24.2. The SMILES string of the molecule is Cc1ncsc1-c1ccc([C@H](C)NC(=O)[C@@H]2C[C@@H](O)CN2C(=O)[C@@H](NC(=O)CCCCCN(CCO)CC[C@H](CSc2ccccc2)Nc2ccc(S(=O)(=O)NC(=O)c3ccc(N4CCN(CC5=C(c6ccc(Cl)cc6)CCC(C)(C)C5)CC4)cc3)cc2S(=O)(=O)C(F)(F)F)C(C)(C)C)cc1. The molecule has 0 saturated carbocycles. The maximum Gasteiger partial charge on any atom is 0.501 e. The number of sulfone groups is 1. The number of aromatic nitrogens is 1. The average Bonchev–Trinajstić information content (AvgIpc) is 1.46. The lowest BCUT2D eigenvalue weighted by molar-refractivity contribution is -0.144. The number of benzene rings is 5. The molecule has 0 radical (unpaired) electrons. The number of carbonyl (C=O) groups is 4. The molecule has 5 aromatic carbocycles. The molecule has 6 aromatic rings. The summed E-state index contributed by atoms with van der Waals surface area (Å²) < 4.78 is 101. The fourth-order valence-electron chi connectivity index (χ4n) is 13.2. The molecule has 3 heterocycles. The van der Waals surface area contributed by atoms with Gasteiger partial charge in [0, 0.05) is 98.2 Å². The fourth-order valence-corrected chi connectivity index (χ4v) is 17.1. The van der Waals surface area contributed by atoms with E-state index in [2.05, 4.69) is 56.7 Å². The number of thioether (sulfide) groups is 1. The van der Waals surface area contributed by atoms with Crippen molar-refractivity contribution < 1.29 is 59.4 Å². The third-order valence-electron chi connectivity index (χ3n) is 18.9. The number of aryl methyl sites for hydroxylation is 1. The van der Waals surface area contributed by atoms with Gasteiger partial charge in [0.25, 0.3) is 25.8 Å². The lowest BCUT2D eigenvalue weighted by Crippen LogP contribution is -2.57. The van der Waals surface area contributed by atoms with Gasteiger partial charge in [-0.05, 0) is 159 Å². The maximum absolute atomic E-state index is 14.6. The number of halogens is 4. The second-order valence-corrected chi connectivity index (χ2v) is 34.3. The molecule has 0 spiro atoms. The number of likely N-dealkylation sites (tertiary alicyclic amines) is 1. The number of nitrogens with one attached hydrogen (secondary N) is 4. The summed E-state index contributed by atoms with van der Waals surface area (Å²) >= 11 is 9.12. The van der Waals surface area contributed by atoms with Crippen molar-refractivity contribution in [2.45, 2.75) is 157 Å². The van der Waals surface area contributed by atoms with Crippen molar-refractivity contribution >= 4 is 95.1 Å². The van der Waals surface area contributed by atoms with E-state index < -0.39 is 94.3 Å². The molecule has 1 aliphatic carbocycles. The van der Waals surface area contributed by atoms with Crippen LogP contribution in [0.15, 0.2) is 147 Å². The van der Waals surface area contributed by atoms with E-state index in [4.69, 9.17) is 11.6 Å². The van der Waals surface area contributed by atoms with Gasteiger partial charge in [-0.1, -0.05) is 113 Å². The first-order chi connectivity index (χ1) is 47.8. The Hall–Kier alpha value is -6.88. The van der Waals surface area contributed by atoms with Crippen LogP contribution in [0.4, 0.5) is 24.5 Å². The van der Waals surface area contributed by atoms with E-state index in [0.717, 1.165) is 83.3 Å². The monoisotopic (exact) mass is 1490 g/mol. The van der Waals surface area contributed by atoms with Gasteiger partial charge in [-0.25, -0.2) is 26.5 Å². The largest absolute Gasteiger partial charge is 0.501 e. The Morgan fingerprint density at radius 2 is 1.52 bits per heavy atom. The Morgan fingerprint density at radius 1 is 0.842 bits per heavy atom. The highest BCUT2D eigenvalue weighted by molar-refractivity contribution is 7.99. The van der Waals surface area contributed by atoms with Crippen LogP contribution in [-0.4, -0.2) is 171 Å². The molecule has 101 heavy (non-hydrogen) atoms. The number of β-amino-alcohol motifs (C(OH)–C–C–N with tert-alkyl or cyclic N) is 1. The summed E-state index contributed by atoms with van der Waals surface area (Å²) in [5.74, 6) is -2.17. The first-order valence-corrected chi connectivity index (χ1v) is 39.4. The number of allylic oxidation sites excluding steroid dienone is 1. The van der Waals surface area contributed by atoms with E-state index in [9.17, 15) is 59.4 Å². The second kappa shape index (κ2) is 34.1. The van der Waals surface area contributed by atoms with Crippen LogP contribution in [-0.2, 0) is 34.2 Å². The molecule has 546 valence electrons. The van der Waals surface area contributed by atoms with Gasteiger partial charge < -0.3 is 40.9 Å². The molecular formula is C74H93ClF3N9O10S4. The number of hydrogen-bond donors (Lipinski definition) is 6. The van der Waals surface area contributed by atoms with Gasteiger partial charge in [0.1, 0.15) is 17.0 Å². The number of amides is 4. The average molecular weight is 1490 g/mol. The third kappa shape index (κ3) is 20.9. The minimum absolute atomic E-state index is 0.0272. The first kappa shape index (κ1) is 78.3. The molecule has 9 rings (SSSR count). The van der Waals surface area contributed by atoms with Crippen LogP contribution in [0.25, 0.3) is 16.0 Å². The number of aliphatic hydroxyl groups is 2. The zero-order chi connectivity index (χ0) is 73.0. The van der Waals surface area contributed by atoms with E-state index in [0.29, 0.717) is 50.0 Å². The smallest absolute Gasteiger partial charge is 0.395 e. The number of piperazine rings is 1. The Labute approximate surface area is 605 Å². The number of thiazole rings is 1. The topological polar surface area (TPSA) is 251 Å². The molecule has 27 heteroatoms. The van der Waals surface area contributed by atoms with E-state index in [1.54, 1.807) is 49.8 Å². The van der Waals surface area contributed by atoms with Crippen molar-refractivity contribution in [3.63, 3.8) is 0 Å². The predicted octanol–water partition coefficient (Wildman–Crippen LogP) is 12.2.